The molecule has 0 saturated heterocycles. The largest absolute Gasteiger partial charge is 0.508 e. The minimum atomic E-state index is -0.363. The van der Waals surface area contributed by atoms with Crippen LogP contribution in [0.3, 0.4) is 0 Å². The summed E-state index contributed by atoms with van der Waals surface area (Å²) < 4.78 is 6.34. The van der Waals surface area contributed by atoms with Crippen LogP contribution in [0.15, 0.2) is 59.3 Å². The molecule has 0 atom stereocenters. The Balaban J connectivity index is 1.81. The Kier molecular flexibility index (Phi) is 5.16. The van der Waals surface area contributed by atoms with Crippen LogP contribution < -0.4 is 10.1 Å². The Morgan fingerprint density at radius 2 is 1.92 bits per heavy atom. The number of rotatable bonds is 4. The normalized spacial score (nSPS) is 10.3. The molecule has 0 aliphatic carbocycles. The van der Waals surface area contributed by atoms with Gasteiger partial charge in [-0.15, -0.1) is 0 Å². The first kappa shape index (κ1) is 17.2. The number of nitrogens with zero attached hydrogens (tertiary/aromatic N) is 2. The van der Waals surface area contributed by atoms with Crippen LogP contribution in [0.4, 0.5) is 5.82 Å². The van der Waals surface area contributed by atoms with Gasteiger partial charge in [0.2, 0.25) is 5.88 Å². The zero-order valence-corrected chi connectivity index (χ0v) is 15.0. The molecule has 2 N–H and O–H groups in total. The summed E-state index contributed by atoms with van der Waals surface area (Å²) in [4.78, 5) is 20.2. The number of anilines is 1. The second-order valence-electron chi connectivity index (χ2n) is 4.90. The molecular weight excluding hydrogens is 410 g/mol. The molecule has 126 valence electrons. The Hall–Kier alpha value is -2.64. The fourth-order valence-corrected chi connectivity index (χ4v) is 2.53. The highest BCUT2D eigenvalue weighted by Crippen LogP contribution is 2.32. The van der Waals surface area contributed by atoms with E-state index < -0.39 is 0 Å². The van der Waals surface area contributed by atoms with Gasteiger partial charge in [-0.2, -0.15) is 4.98 Å². The summed E-state index contributed by atoms with van der Waals surface area (Å²) in [5, 5.41) is 12.0. The van der Waals surface area contributed by atoms with Crippen LogP contribution in [0.25, 0.3) is 0 Å². The maximum absolute atomic E-state index is 12.3. The summed E-state index contributed by atoms with van der Waals surface area (Å²) in [6.45, 7) is 0. The Morgan fingerprint density at radius 3 is 2.64 bits per heavy atom. The number of nitrogens with one attached hydrogen (secondary N) is 1. The van der Waals surface area contributed by atoms with E-state index in [4.69, 9.17) is 16.3 Å². The van der Waals surface area contributed by atoms with Crippen molar-refractivity contribution in [3.05, 3.63) is 69.9 Å². The number of hydrogen-bond acceptors (Lipinski definition) is 5. The molecule has 0 aliphatic heterocycles. The second kappa shape index (κ2) is 7.50. The lowest BCUT2D eigenvalue weighted by molar-refractivity contribution is 0.102. The first-order valence-corrected chi connectivity index (χ1v) is 8.24. The van der Waals surface area contributed by atoms with Gasteiger partial charge in [-0.05, 0) is 42.5 Å². The Bertz CT molecular complexity index is 919. The molecule has 0 aliphatic rings. The number of amides is 1. The highest BCUT2D eigenvalue weighted by Gasteiger charge is 2.15. The number of phenolic OH excluding ortho intramolecular Hbond substituents is 1. The van der Waals surface area contributed by atoms with Crippen molar-refractivity contribution in [3.63, 3.8) is 0 Å². The number of halogens is 2. The van der Waals surface area contributed by atoms with Crippen LogP contribution in [-0.4, -0.2) is 21.0 Å². The van der Waals surface area contributed by atoms with Crippen LogP contribution in [0.5, 0.6) is 17.4 Å². The average Bonchev–Trinajstić information content (AvgIpc) is 2.60. The number of carbonyl (C=O) groups is 1. The monoisotopic (exact) mass is 419 g/mol. The van der Waals surface area contributed by atoms with Crippen molar-refractivity contribution in [2.75, 3.05) is 5.32 Å². The van der Waals surface area contributed by atoms with E-state index in [1.807, 2.05) is 6.07 Å². The van der Waals surface area contributed by atoms with Crippen molar-refractivity contribution in [1.29, 1.82) is 0 Å². The molecule has 3 aromatic rings. The van der Waals surface area contributed by atoms with Crippen LogP contribution in [0, 0.1) is 0 Å². The second-order valence-corrected chi connectivity index (χ2v) is 6.20. The van der Waals surface area contributed by atoms with Crippen molar-refractivity contribution in [3.8, 4) is 17.4 Å². The Labute approximate surface area is 156 Å². The third-order valence-corrected chi connectivity index (χ3v) is 3.96. The minimum absolute atomic E-state index is 0.0684. The van der Waals surface area contributed by atoms with Crippen molar-refractivity contribution in [2.45, 2.75) is 0 Å². The van der Waals surface area contributed by atoms with Crippen LogP contribution in [-0.2, 0) is 0 Å². The van der Waals surface area contributed by atoms with Crippen LogP contribution in [0.2, 0.25) is 5.02 Å². The van der Waals surface area contributed by atoms with Crippen LogP contribution in [0.1, 0.15) is 10.4 Å². The zero-order chi connectivity index (χ0) is 17.8. The smallest absolute Gasteiger partial charge is 0.256 e. The van der Waals surface area contributed by atoms with Gasteiger partial charge < -0.3 is 15.2 Å². The highest BCUT2D eigenvalue weighted by molar-refractivity contribution is 9.10. The minimum Gasteiger partial charge on any atom is -0.508 e. The first-order valence-electron chi connectivity index (χ1n) is 7.07. The Morgan fingerprint density at radius 1 is 1.16 bits per heavy atom. The van der Waals surface area contributed by atoms with Gasteiger partial charge in [0.05, 0.1) is 0 Å². The standard InChI is InChI=1S/C17H11BrClN3O3/c18-11-3-1-2-10(8-11)16(24)22-15-14(19)17(21-9-20-15)25-13-6-4-12(23)5-7-13/h1-9,23H,(H,20,21,22,24). The van der Waals surface area contributed by atoms with Crippen molar-refractivity contribution < 1.29 is 14.6 Å². The molecule has 0 saturated carbocycles. The van der Waals surface area contributed by atoms with E-state index in [2.05, 4.69) is 31.2 Å². The first-order chi connectivity index (χ1) is 12.0. The average molecular weight is 421 g/mol. The number of carbonyl (C=O) groups excluding carboxylic acids is 1. The van der Waals surface area contributed by atoms with Gasteiger partial charge in [0.1, 0.15) is 22.8 Å². The molecule has 6 nitrogen and oxygen atoms in total. The van der Waals surface area contributed by atoms with Gasteiger partial charge in [-0.1, -0.05) is 33.6 Å². The number of ether oxygens (including phenoxy) is 1. The van der Waals surface area contributed by atoms with Gasteiger partial charge in [0, 0.05) is 10.0 Å². The lowest BCUT2D eigenvalue weighted by atomic mass is 10.2. The number of hydrogen-bond donors (Lipinski definition) is 2. The quantitative estimate of drug-likeness (QED) is 0.642. The predicted molar refractivity (Wildman–Crippen MR) is 97.3 cm³/mol. The summed E-state index contributed by atoms with van der Waals surface area (Å²) in [6.07, 6.45) is 1.23. The molecule has 1 aromatic heterocycles. The number of aromatic nitrogens is 2. The van der Waals surface area contributed by atoms with Crippen LogP contribution >= 0.6 is 27.5 Å². The highest BCUT2D eigenvalue weighted by atomic mass is 79.9. The molecule has 1 amide bonds. The maximum Gasteiger partial charge on any atom is 0.256 e. The fraction of sp³-hybridized carbons (Fsp3) is 0. The van der Waals surface area contributed by atoms with Gasteiger partial charge in [0.25, 0.3) is 5.91 Å². The SMILES string of the molecule is O=C(Nc1ncnc(Oc2ccc(O)cc2)c1Cl)c1cccc(Br)c1. The van der Waals surface area contributed by atoms with E-state index in [0.717, 1.165) is 4.47 Å². The van der Waals surface area contributed by atoms with Crippen molar-refractivity contribution >= 4 is 39.3 Å². The van der Waals surface area contributed by atoms with E-state index in [0.29, 0.717) is 11.3 Å². The lowest BCUT2D eigenvalue weighted by Gasteiger charge is -2.10. The van der Waals surface area contributed by atoms with Gasteiger partial charge in [0.15, 0.2) is 5.82 Å². The zero-order valence-electron chi connectivity index (χ0n) is 12.6. The lowest BCUT2D eigenvalue weighted by Crippen LogP contribution is -2.13. The molecule has 8 heteroatoms. The van der Waals surface area contributed by atoms with Gasteiger partial charge in [-0.3, -0.25) is 4.79 Å². The topological polar surface area (TPSA) is 84.3 Å². The fourth-order valence-electron chi connectivity index (χ4n) is 1.95. The maximum atomic E-state index is 12.3. The molecule has 2 aromatic carbocycles. The van der Waals surface area contributed by atoms with Crippen molar-refractivity contribution in [1.82, 2.24) is 9.97 Å². The third-order valence-electron chi connectivity index (χ3n) is 3.13. The number of phenols is 1. The molecular formula is C17H11BrClN3O3. The summed E-state index contributed by atoms with van der Waals surface area (Å²) >= 11 is 9.54. The summed E-state index contributed by atoms with van der Waals surface area (Å²) in [5.41, 5.74) is 0.449. The molecule has 0 unspecified atom stereocenters. The summed E-state index contributed by atoms with van der Waals surface area (Å²) in [6, 6.07) is 13.0. The predicted octanol–water partition coefficient (Wildman–Crippen LogP) is 4.64. The molecule has 3 rings (SSSR count). The molecule has 1 heterocycles. The van der Waals surface area contributed by atoms with Crippen molar-refractivity contribution in [2.24, 2.45) is 0 Å². The van der Waals surface area contributed by atoms with Gasteiger partial charge in [-0.25, -0.2) is 4.98 Å². The van der Waals surface area contributed by atoms with E-state index in [1.54, 1.807) is 30.3 Å². The van der Waals surface area contributed by atoms with E-state index in [-0.39, 0.29) is 28.4 Å². The third kappa shape index (κ3) is 4.26. The molecule has 0 spiro atoms. The summed E-state index contributed by atoms with van der Waals surface area (Å²) in [5.74, 6) is 0.408. The molecule has 0 fully saturated rings. The van der Waals surface area contributed by atoms with E-state index in [1.165, 1.54) is 18.5 Å². The van der Waals surface area contributed by atoms with Gasteiger partial charge >= 0.3 is 0 Å². The molecule has 0 radical (unpaired) electrons. The van der Waals surface area contributed by atoms with E-state index in [9.17, 15) is 9.90 Å². The molecule has 25 heavy (non-hydrogen) atoms. The molecule has 0 bridgehead atoms. The summed E-state index contributed by atoms with van der Waals surface area (Å²) in [7, 11) is 0. The number of benzene rings is 2. The van der Waals surface area contributed by atoms with E-state index >= 15 is 0 Å². The number of aromatic hydroxyl groups is 1.